The fourth-order valence-electron chi connectivity index (χ4n) is 10.0. The highest BCUT2D eigenvalue weighted by Crippen LogP contribution is 2.42. The average Bonchev–Trinajstić information content (AvgIpc) is 3.88. The van der Waals surface area contributed by atoms with Gasteiger partial charge in [-0.15, -0.1) is 11.8 Å². The highest BCUT2D eigenvalue weighted by molar-refractivity contribution is 8.01. The predicted octanol–water partition coefficient (Wildman–Crippen LogP) is 7.28. The molecule has 0 aromatic heterocycles. The van der Waals surface area contributed by atoms with Crippen molar-refractivity contribution in [2.45, 2.75) is 69.2 Å². The summed E-state index contributed by atoms with van der Waals surface area (Å²) in [6, 6.07) is 25.2. The lowest BCUT2D eigenvalue weighted by molar-refractivity contribution is -0.134. The number of nitrogens with one attached hydrogen (secondary N) is 1. The smallest absolute Gasteiger partial charge is 0.313 e. The maximum atomic E-state index is 14.2. The second kappa shape index (κ2) is 22.6. The maximum absolute atomic E-state index is 14.2. The number of para-hydroxylation sites is 2. The lowest BCUT2D eigenvalue weighted by Crippen LogP contribution is -2.40. The van der Waals surface area contributed by atoms with Crippen molar-refractivity contribution in [2.24, 2.45) is 4.99 Å². The number of aliphatic imine (C=N–C) groups is 1. The number of carbonyl (C=O) groups excluding carboxylic acids is 2. The van der Waals surface area contributed by atoms with Gasteiger partial charge in [0.1, 0.15) is 19.0 Å². The summed E-state index contributed by atoms with van der Waals surface area (Å²) in [5.41, 5.74) is 8.15. The molecule has 380 valence electrons. The molecule has 72 heavy (non-hydrogen) atoms. The van der Waals surface area contributed by atoms with E-state index >= 15 is 0 Å². The van der Waals surface area contributed by atoms with Crippen LogP contribution >= 0.6 is 11.8 Å². The molecular formula is C55H63N5O11S. The van der Waals surface area contributed by atoms with Crippen molar-refractivity contribution in [2.75, 3.05) is 94.5 Å². The zero-order chi connectivity index (χ0) is 50.4. The molecule has 0 spiro atoms. The monoisotopic (exact) mass is 1000 g/mol. The molecule has 0 saturated carbocycles. The molecule has 4 aromatic rings. The zero-order valence-electron chi connectivity index (χ0n) is 41.5. The molecule has 4 aromatic carbocycles. The average molecular weight is 1000 g/mol. The molecule has 2 N–H and O–H groups in total. The van der Waals surface area contributed by atoms with Gasteiger partial charge >= 0.3 is 5.97 Å². The number of anilines is 3. The quantitative estimate of drug-likeness (QED) is 0.0711. The van der Waals surface area contributed by atoms with Crippen molar-refractivity contribution in [3.63, 3.8) is 0 Å². The molecule has 0 unspecified atom stereocenters. The lowest BCUT2D eigenvalue weighted by Gasteiger charge is -2.34. The minimum atomic E-state index is -0.882. The maximum Gasteiger partial charge on any atom is 0.313 e. The van der Waals surface area contributed by atoms with Crippen LogP contribution < -0.4 is 29.5 Å². The molecule has 5 aliphatic rings. The van der Waals surface area contributed by atoms with Gasteiger partial charge in [0.25, 0.3) is 11.8 Å². The third kappa shape index (κ3) is 11.3. The van der Waals surface area contributed by atoms with Crippen LogP contribution in [0.25, 0.3) is 0 Å². The Morgan fingerprint density at radius 2 is 1.50 bits per heavy atom. The van der Waals surface area contributed by atoms with Gasteiger partial charge in [-0.05, 0) is 85.0 Å². The van der Waals surface area contributed by atoms with E-state index in [4.69, 9.17) is 38.2 Å². The van der Waals surface area contributed by atoms with E-state index in [-0.39, 0.29) is 48.9 Å². The standard InChI is InChI=1S/C55H63N5O11S/c1-55(2,72-33-52(61)62)34-58(14-15-68-18-19-69-17-16-65-3)39-21-35(31-70-50-27-44-42(25-48(50)66-4)53(63)59-40(29-56-44)23-37-10-6-8-12-46(37)59)20-36(22-39)32-71-51-28-45-43(26-49(51)67-5)54(64)60-41(30-57-45)24-38-11-7-9-13-47(38)60/h6-13,20-22,25-27,29,40-41,45,57H,14-19,23-24,28,30-34H2,1-5H3,(H,61,62)/t40-,41-,45-/m0/s1. The van der Waals surface area contributed by atoms with E-state index < -0.39 is 10.7 Å². The van der Waals surface area contributed by atoms with E-state index in [1.165, 1.54) is 11.8 Å². The number of ether oxygens (including phenoxy) is 7. The first-order chi connectivity index (χ1) is 34.9. The van der Waals surface area contributed by atoms with Crippen molar-refractivity contribution >= 4 is 58.5 Å². The highest BCUT2D eigenvalue weighted by atomic mass is 32.2. The molecule has 0 radical (unpaired) electrons. The van der Waals surface area contributed by atoms with Gasteiger partial charge in [0, 0.05) is 85.3 Å². The van der Waals surface area contributed by atoms with Crippen molar-refractivity contribution in [1.29, 1.82) is 0 Å². The van der Waals surface area contributed by atoms with Crippen molar-refractivity contribution < 1.29 is 52.6 Å². The topological polar surface area (TPSA) is 170 Å². The number of amides is 2. The highest BCUT2D eigenvalue weighted by Gasteiger charge is 2.42. The lowest BCUT2D eigenvalue weighted by atomic mass is 9.95. The number of nitrogens with zero attached hydrogens (tertiary/aromatic N) is 4. The number of benzene rings is 4. The molecule has 1 aliphatic carbocycles. The number of allylic oxidation sites excluding steroid dienone is 1. The van der Waals surface area contributed by atoms with Crippen LogP contribution in [0, 0.1) is 0 Å². The summed E-state index contributed by atoms with van der Waals surface area (Å²) >= 11 is 1.37. The predicted molar refractivity (Wildman–Crippen MR) is 277 cm³/mol. The van der Waals surface area contributed by atoms with E-state index in [2.05, 4.69) is 28.4 Å². The Morgan fingerprint density at radius 3 is 2.22 bits per heavy atom. The number of methoxy groups -OCH3 is 3. The summed E-state index contributed by atoms with van der Waals surface area (Å²) in [4.78, 5) is 50.9. The molecular weight excluding hydrogens is 939 g/mol. The molecule has 4 aliphatic heterocycles. The Bertz CT molecular complexity index is 2760. The zero-order valence-corrected chi connectivity index (χ0v) is 42.3. The number of thioether (sulfide) groups is 1. The van der Waals surface area contributed by atoms with Gasteiger partial charge in [-0.2, -0.15) is 0 Å². The van der Waals surface area contributed by atoms with Gasteiger partial charge in [0.2, 0.25) is 0 Å². The minimum Gasteiger partial charge on any atom is -0.493 e. The third-order valence-corrected chi connectivity index (χ3v) is 14.8. The van der Waals surface area contributed by atoms with Gasteiger partial charge in [-0.1, -0.05) is 36.4 Å². The number of carboxylic acids is 1. The molecule has 2 amide bonds. The Kier molecular flexibility index (Phi) is 15.9. The SMILES string of the molecule is COCCOCCOCCN(CC(C)(C)SCC(=O)O)c1cc(COC2=C(OC)C=C3C(=O)N4c5ccccc5C[C@H]4CN[C@H]3C2)cc(COc2cc3c(cc2OC)C(=O)N2c4ccccc4C[C@H]2C=N3)c1. The first kappa shape index (κ1) is 50.6. The molecule has 4 heterocycles. The van der Waals surface area contributed by atoms with E-state index in [0.29, 0.717) is 105 Å². The van der Waals surface area contributed by atoms with Gasteiger partial charge in [-0.3, -0.25) is 24.3 Å². The number of carboxylic acid groups (broad SMARTS) is 1. The van der Waals surface area contributed by atoms with Crippen LogP contribution in [-0.2, 0) is 59.3 Å². The van der Waals surface area contributed by atoms with Crippen LogP contribution in [0.15, 0.2) is 107 Å². The fraction of sp³-hybridized carbons (Fsp3) is 0.418. The van der Waals surface area contributed by atoms with Crippen molar-refractivity contribution in [1.82, 2.24) is 5.32 Å². The van der Waals surface area contributed by atoms with E-state index in [1.54, 1.807) is 38.4 Å². The number of hydrogen-bond donors (Lipinski definition) is 2. The Morgan fingerprint density at radius 1 is 0.806 bits per heavy atom. The minimum absolute atomic E-state index is 0.00656. The summed E-state index contributed by atoms with van der Waals surface area (Å²) < 4.78 is 41.4. The van der Waals surface area contributed by atoms with Crippen LogP contribution in [0.5, 0.6) is 11.5 Å². The Balaban J connectivity index is 0.999. The van der Waals surface area contributed by atoms with Gasteiger partial charge in [0.15, 0.2) is 17.3 Å². The molecule has 3 atom stereocenters. The summed E-state index contributed by atoms with van der Waals surface area (Å²) in [5.74, 6) is 0.806. The molecule has 16 nitrogen and oxygen atoms in total. The third-order valence-electron chi connectivity index (χ3n) is 13.5. The Hall–Kier alpha value is -6.37. The van der Waals surface area contributed by atoms with Gasteiger partial charge in [0.05, 0.1) is 76.3 Å². The molecule has 9 rings (SSSR count). The molecule has 17 heteroatoms. The van der Waals surface area contributed by atoms with Crippen LogP contribution in [0.3, 0.4) is 0 Å². The first-order valence-electron chi connectivity index (χ1n) is 24.4. The summed E-state index contributed by atoms with van der Waals surface area (Å²) in [5, 5.41) is 13.3. The molecule has 1 fully saturated rings. The summed E-state index contributed by atoms with van der Waals surface area (Å²) in [7, 11) is 4.77. The Labute approximate surface area is 424 Å². The molecule has 0 bridgehead atoms. The van der Waals surface area contributed by atoms with Gasteiger partial charge < -0.3 is 53.4 Å². The van der Waals surface area contributed by atoms with E-state index in [1.807, 2.05) is 79.6 Å². The second-order valence-corrected chi connectivity index (χ2v) is 20.6. The van der Waals surface area contributed by atoms with Gasteiger partial charge in [-0.25, -0.2) is 0 Å². The van der Waals surface area contributed by atoms with Crippen molar-refractivity contribution in [3.8, 4) is 11.5 Å². The summed E-state index contributed by atoms with van der Waals surface area (Å²) in [6.07, 6.45) is 5.53. The first-order valence-corrected chi connectivity index (χ1v) is 25.4. The van der Waals surface area contributed by atoms with Crippen LogP contribution in [-0.4, -0.2) is 132 Å². The number of fused-ring (bicyclic) bond motifs is 8. The summed E-state index contributed by atoms with van der Waals surface area (Å²) in [6.45, 7) is 8.13. The van der Waals surface area contributed by atoms with Crippen LogP contribution in [0.2, 0.25) is 0 Å². The molecule has 1 saturated heterocycles. The van der Waals surface area contributed by atoms with Crippen molar-refractivity contribution in [3.05, 3.63) is 130 Å². The fourth-order valence-corrected chi connectivity index (χ4v) is 10.8. The van der Waals surface area contributed by atoms with E-state index in [0.717, 1.165) is 45.7 Å². The second-order valence-electron chi connectivity index (χ2n) is 19.0. The largest absolute Gasteiger partial charge is 0.493 e. The van der Waals surface area contributed by atoms with Crippen LogP contribution in [0.4, 0.5) is 22.7 Å². The van der Waals surface area contributed by atoms with E-state index in [9.17, 15) is 19.5 Å². The number of hydrogen-bond acceptors (Lipinski definition) is 14. The van der Waals surface area contributed by atoms with Crippen LogP contribution in [0.1, 0.15) is 52.9 Å². The normalized spacial score (nSPS) is 18.8. The number of aliphatic carboxylic acids is 1. The number of carbonyl (C=O) groups is 3. The number of rotatable bonds is 23.